The summed E-state index contributed by atoms with van der Waals surface area (Å²) in [5, 5.41) is 16.7. The van der Waals surface area contributed by atoms with Crippen LogP contribution in [-0.2, 0) is 13.2 Å². The van der Waals surface area contributed by atoms with Gasteiger partial charge in [0.15, 0.2) is 5.69 Å². The van der Waals surface area contributed by atoms with Crippen molar-refractivity contribution in [3.05, 3.63) is 107 Å². The number of allylic oxidation sites excluding steroid dienone is 1. The third kappa shape index (κ3) is 4.08. The molecule has 4 aromatic rings. The molecule has 0 atom stereocenters. The fourth-order valence-corrected chi connectivity index (χ4v) is 4.96. The Morgan fingerprint density at radius 2 is 2.03 bits per heavy atom. The highest BCUT2D eigenvalue weighted by Crippen LogP contribution is 2.38. The lowest BCUT2D eigenvalue weighted by molar-refractivity contribution is -0.663. The molecule has 0 fully saturated rings. The first-order valence-corrected chi connectivity index (χ1v) is 12.5. The molecule has 38 heavy (non-hydrogen) atoms. The van der Waals surface area contributed by atoms with E-state index in [0.717, 1.165) is 56.7 Å². The van der Waals surface area contributed by atoms with Gasteiger partial charge in [-0.25, -0.2) is 0 Å². The summed E-state index contributed by atoms with van der Waals surface area (Å²) in [4.78, 5) is 7.09. The number of rotatable bonds is 7. The van der Waals surface area contributed by atoms with Gasteiger partial charge in [-0.3, -0.25) is 9.47 Å². The second-order valence-corrected chi connectivity index (χ2v) is 9.18. The van der Waals surface area contributed by atoms with E-state index in [-0.39, 0.29) is 6.61 Å². The molecule has 6 rings (SSSR count). The van der Waals surface area contributed by atoms with E-state index in [1.807, 2.05) is 63.0 Å². The van der Waals surface area contributed by atoms with Crippen LogP contribution in [0, 0.1) is 6.92 Å². The highest BCUT2D eigenvalue weighted by atomic mass is 16.5. The highest BCUT2D eigenvalue weighted by Gasteiger charge is 2.37. The first kappa shape index (κ1) is 23.8. The number of amidine groups is 1. The van der Waals surface area contributed by atoms with Gasteiger partial charge in [-0.05, 0) is 66.5 Å². The minimum atomic E-state index is -0.142. The van der Waals surface area contributed by atoms with Gasteiger partial charge in [-0.15, -0.1) is 9.90 Å². The Morgan fingerprint density at radius 1 is 1.16 bits per heavy atom. The lowest BCUT2D eigenvalue weighted by Crippen LogP contribution is -2.43. The number of nitrogens with one attached hydrogen (secondary N) is 1. The Balaban J connectivity index is 1.45. The van der Waals surface area contributed by atoms with Crippen molar-refractivity contribution in [2.75, 3.05) is 12.3 Å². The number of aromatic nitrogens is 4. The third-order valence-electron chi connectivity index (χ3n) is 6.73. The number of H-pyrrole nitrogens is 1. The molecule has 0 amide bonds. The van der Waals surface area contributed by atoms with E-state index < -0.39 is 0 Å². The van der Waals surface area contributed by atoms with Crippen LogP contribution in [-0.4, -0.2) is 44.7 Å². The maximum atomic E-state index is 9.53. The maximum Gasteiger partial charge on any atom is 0.503 e. The molecule has 2 aromatic heterocycles. The first-order chi connectivity index (χ1) is 18.6. The van der Waals surface area contributed by atoms with Gasteiger partial charge >= 0.3 is 7.55 Å². The molecular formula is C28H28BN7O2+. The van der Waals surface area contributed by atoms with E-state index in [1.165, 1.54) is 0 Å². The smallest absolute Gasteiger partial charge is 0.494 e. The van der Waals surface area contributed by atoms with E-state index in [9.17, 15) is 5.11 Å². The van der Waals surface area contributed by atoms with Crippen molar-refractivity contribution in [3.8, 4) is 11.6 Å². The lowest BCUT2D eigenvalue weighted by atomic mass is 9.89. The number of hydrogen-bond donors (Lipinski definition) is 3. The van der Waals surface area contributed by atoms with Crippen LogP contribution in [0.2, 0.25) is 0 Å². The zero-order valence-electron chi connectivity index (χ0n) is 21.3. The zero-order valence-corrected chi connectivity index (χ0v) is 21.3. The number of nitrogens with two attached hydrogens (primary N) is 1. The minimum Gasteiger partial charge on any atom is -0.494 e. The van der Waals surface area contributed by atoms with Crippen LogP contribution in [0.1, 0.15) is 35.0 Å². The number of hydrogen-bond acceptors (Lipinski definition) is 5. The Kier molecular flexibility index (Phi) is 6.09. The van der Waals surface area contributed by atoms with Crippen LogP contribution in [0.25, 0.3) is 11.4 Å². The van der Waals surface area contributed by atoms with Crippen LogP contribution >= 0.6 is 0 Å². The van der Waals surface area contributed by atoms with E-state index >= 15 is 0 Å². The molecule has 0 spiro atoms. The SMILES string of the molecule is CCOc1ccccc1CN=C1C=CC2=C(c3ccc(N)cc3C)c3ccc(-[n+]4cc(CO)n[nH]4)n3[B]N12. The number of nitrogens with zero attached hydrogens (tertiary/aromatic N) is 5. The molecule has 0 unspecified atom stereocenters. The molecule has 2 aromatic carbocycles. The normalized spacial score (nSPS) is 15.1. The molecular weight excluding hydrogens is 477 g/mol. The lowest BCUT2D eigenvalue weighted by Gasteiger charge is -2.28. The number of benzene rings is 2. The predicted octanol–water partition coefficient (Wildman–Crippen LogP) is 2.90. The topological polar surface area (TPSA) is 109 Å². The monoisotopic (exact) mass is 505 g/mol. The zero-order chi connectivity index (χ0) is 26.2. The minimum absolute atomic E-state index is 0.142. The number of aliphatic hydroxyl groups excluding tert-OH is 1. The number of aryl methyl sites for hydroxylation is 1. The number of aliphatic imine (C=N–C) groups is 1. The fourth-order valence-electron chi connectivity index (χ4n) is 4.96. The number of nitrogen functional groups attached to an aromatic ring is 1. The summed E-state index contributed by atoms with van der Waals surface area (Å²) >= 11 is 0. The molecule has 0 saturated carbocycles. The summed E-state index contributed by atoms with van der Waals surface area (Å²) in [5.41, 5.74) is 13.7. The standard InChI is InChI=1S/C28H27BN7O2/c1-3-38-25-7-5-4-6-19(25)15-31-26-12-10-23-28(22-9-8-20(30)14-18(22)2)24-11-13-27(36(24)29-35(23)26)34-16-21(17-37)32-33-34/h4-14,16,37H,3,15,17H2,1-2H3,(H2,30,31)/p+1. The average Bonchev–Trinajstić information content (AvgIpc) is 3.66. The Labute approximate surface area is 221 Å². The van der Waals surface area contributed by atoms with Crippen molar-refractivity contribution < 1.29 is 14.5 Å². The summed E-state index contributed by atoms with van der Waals surface area (Å²) < 4.78 is 9.70. The van der Waals surface area contributed by atoms with Gasteiger partial charge in [0.25, 0.3) is 0 Å². The second kappa shape index (κ2) is 9.72. The Hall–Kier alpha value is -4.57. The molecule has 2 aliphatic heterocycles. The molecule has 1 radical (unpaired) electrons. The largest absolute Gasteiger partial charge is 0.503 e. The van der Waals surface area contributed by atoms with Crippen molar-refractivity contribution in [1.82, 2.24) is 19.6 Å². The van der Waals surface area contributed by atoms with Gasteiger partial charge in [-0.1, -0.05) is 24.3 Å². The molecule has 10 heteroatoms. The van der Waals surface area contributed by atoms with Gasteiger partial charge in [0.1, 0.15) is 24.4 Å². The summed E-state index contributed by atoms with van der Waals surface area (Å²) in [7, 11) is 2.04. The Bertz CT molecular complexity index is 1610. The molecule has 9 nitrogen and oxygen atoms in total. The van der Waals surface area contributed by atoms with Crippen LogP contribution in [0.3, 0.4) is 0 Å². The van der Waals surface area contributed by atoms with E-state index in [2.05, 4.69) is 44.7 Å². The van der Waals surface area contributed by atoms with Crippen LogP contribution in [0.5, 0.6) is 5.75 Å². The molecule has 189 valence electrons. The van der Waals surface area contributed by atoms with Crippen molar-refractivity contribution in [2.24, 2.45) is 4.99 Å². The number of aliphatic hydroxyl groups is 1. The predicted molar refractivity (Wildman–Crippen MR) is 147 cm³/mol. The van der Waals surface area contributed by atoms with Crippen LogP contribution in [0.4, 0.5) is 5.69 Å². The van der Waals surface area contributed by atoms with Gasteiger partial charge in [0, 0.05) is 28.6 Å². The number of anilines is 1. The summed E-state index contributed by atoms with van der Waals surface area (Å²) in [6, 6.07) is 18.1. The molecule has 2 aliphatic rings. The van der Waals surface area contributed by atoms with Crippen LogP contribution < -0.4 is 15.2 Å². The van der Waals surface area contributed by atoms with Crippen molar-refractivity contribution in [1.29, 1.82) is 0 Å². The second-order valence-electron chi connectivity index (χ2n) is 9.18. The molecule has 0 aliphatic carbocycles. The number of fused-ring (bicyclic) bond motifs is 2. The molecule has 0 bridgehead atoms. The number of ether oxygens (including phenoxy) is 1. The first-order valence-electron chi connectivity index (χ1n) is 12.5. The molecule has 0 saturated heterocycles. The van der Waals surface area contributed by atoms with E-state index in [0.29, 0.717) is 18.8 Å². The highest BCUT2D eigenvalue weighted by molar-refractivity contribution is 6.41. The molecule has 4 heterocycles. The van der Waals surface area contributed by atoms with E-state index in [4.69, 9.17) is 15.5 Å². The van der Waals surface area contributed by atoms with Gasteiger partial charge in [-0.2, -0.15) is 0 Å². The summed E-state index contributed by atoms with van der Waals surface area (Å²) in [6.07, 6.45) is 5.94. The van der Waals surface area contributed by atoms with E-state index in [1.54, 1.807) is 10.9 Å². The third-order valence-corrected chi connectivity index (χ3v) is 6.73. The van der Waals surface area contributed by atoms with Gasteiger partial charge < -0.3 is 20.4 Å². The molecule has 4 N–H and O–H groups in total. The van der Waals surface area contributed by atoms with Crippen molar-refractivity contribution in [2.45, 2.75) is 27.0 Å². The summed E-state index contributed by atoms with van der Waals surface area (Å²) in [6.45, 7) is 5.01. The maximum absolute atomic E-state index is 9.53. The quantitative estimate of drug-likeness (QED) is 0.203. The van der Waals surface area contributed by atoms with Crippen molar-refractivity contribution in [3.63, 3.8) is 0 Å². The average molecular weight is 505 g/mol. The number of para-hydroxylation sites is 1. The number of aromatic amines is 1. The van der Waals surface area contributed by atoms with Crippen LogP contribution in [0.15, 0.2) is 83.6 Å². The van der Waals surface area contributed by atoms with Gasteiger partial charge in [0.2, 0.25) is 5.82 Å². The fraction of sp³-hybridized carbons (Fsp3) is 0.179. The van der Waals surface area contributed by atoms with Gasteiger partial charge in [0.05, 0.1) is 18.8 Å². The van der Waals surface area contributed by atoms with Crippen molar-refractivity contribution >= 4 is 24.6 Å². The summed E-state index contributed by atoms with van der Waals surface area (Å²) in [5.74, 6) is 2.53. The Morgan fingerprint density at radius 3 is 2.82 bits per heavy atom.